The molecule has 9 heteroatoms. The molecule has 2 N–H and O–H groups in total. The highest BCUT2D eigenvalue weighted by Gasteiger charge is 2.41. The van der Waals surface area contributed by atoms with Crippen LogP contribution in [0.4, 0.5) is 0 Å². The molecule has 0 spiro atoms. The average Bonchev–Trinajstić information content (AvgIpc) is 2.96. The molecular formula is C20H15NO6S2. The van der Waals surface area contributed by atoms with Gasteiger partial charge in [0.15, 0.2) is 12.6 Å². The van der Waals surface area contributed by atoms with Crippen molar-refractivity contribution in [2.45, 2.75) is 6.04 Å². The monoisotopic (exact) mass is 429 g/mol. The lowest BCUT2D eigenvalue weighted by Crippen LogP contribution is -2.37. The molecule has 1 unspecified atom stereocenters. The first-order valence-corrected chi connectivity index (χ1v) is 9.59. The van der Waals surface area contributed by atoms with Crippen LogP contribution in [-0.4, -0.2) is 43.9 Å². The van der Waals surface area contributed by atoms with E-state index in [0.717, 1.165) is 16.7 Å². The molecule has 0 aromatic heterocycles. The largest absolute Gasteiger partial charge is 0.482 e. The predicted octanol–water partition coefficient (Wildman–Crippen LogP) is 3.18. The molecular weight excluding hydrogens is 414 g/mol. The van der Waals surface area contributed by atoms with Crippen LogP contribution >= 0.6 is 24.0 Å². The van der Waals surface area contributed by atoms with Gasteiger partial charge >= 0.3 is 11.9 Å². The molecule has 2 aromatic rings. The number of amides is 1. The molecule has 1 aliphatic rings. The van der Waals surface area contributed by atoms with Crippen molar-refractivity contribution < 1.29 is 29.3 Å². The number of ether oxygens (including phenoxy) is 1. The fourth-order valence-corrected chi connectivity index (χ4v) is 4.01. The van der Waals surface area contributed by atoms with Crippen molar-refractivity contribution in [2.24, 2.45) is 0 Å². The Hall–Kier alpha value is -3.17. The maximum Gasteiger partial charge on any atom is 0.341 e. The number of rotatable bonds is 7. The Labute approximate surface area is 175 Å². The summed E-state index contributed by atoms with van der Waals surface area (Å²) in [7, 11) is 0. The van der Waals surface area contributed by atoms with E-state index in [9.17, 15) is 19.5 Å². The summed E-state index contributed by atoms with van der Waals surface area (Å²) in [5, 5.41) is 18.3. The van der Waals surface area contributed by atoms with Crippen LogP contribution < -0.4 is 4.74 Å². The standard InChI is InChI=1S/C20H15NO6S2/c22-16(23)11-27-14-8-6-12(7-9-14)10-15-18(24)21(20(28)29-15)17(19(25)26)13-4-2-1-3-5-13/h1-10,17H,11H2,(H,22,23)(H,25,26)/b15-10-. The van der Waals surface area contributed by atoms with Gasteiger partial charge in [0, 0.05) is 0 Å². The zero-order valence-corrected chi connectivity index (χ0v) is 16.5. The van der Waals surface area contributed by atoms with Gasteiger partial charge in [-0.15, -0.1) is 0 Å². The Morgan fingerprint density at radius 1 is 1.10 bits per heavy atom. The fraction of sp³-hybridized carbons (Fsp3) is 0.100. The van der Waals surface area contributed by atoms with Crippen molar-refractivity contribution in [2.75, 3.05) is 6.61 Å². The molecule has 0 bridgehead atoms. The van der Waals surface area contributed by atoms with E-state index >= 15 is 0 Å². The number of aliphatic carboxylic acids is 2. The van der Waals surface area contributed by atoms with Gasteiger partial charge in [-0.1, -0.05) is 66.4 Å². The number of thioether (sulfide) groups is 1. The maximum absolute atomic E-state index is 12.9. The molecule has 0 saturated carbocycles. The highest BCUT2D eigenvalue weighted by atomic mass is 32.2. The lowest BCUT2D eigenvalue weighted by Gasteiger charge is -2.23. The molecule has 1 aliphatic heterocycles. The zero-order valence-electron chi connectivity index (χ0n) is 14.8. The number of carbonyl (C=O) groups is 3. The first-order chi connectivity index (χ1) is 13.9. The third kappa shape index (κ3) is 4.82. The average molecular weight is 429 g/mol. The van der Waals surface area contributed by atoms with E-state index in [1.165, 1.54) is 0 Å². The van der Waals surface area contributed by atoms with Crippen molar-refractivity contribution in [3.63, 3.8) is 0 Å². The Morgan fingerprint density at radius 3 is 2.34 bits per heavy atom. The highest BCUT2D eigenvalue weighted by molar-refractivity contribution is 8.26. The SMILES string of the molecule is O=C(O)COc1ccc(/C=C2\SC(=S)N(C(C(=O)O)c3ccccc3)C2=O)cc1. The van der Waals surface area contributed by atoms with Crippen LogP contribution in [0.25, 0.3) is 6.08 Å². The van der Waals surface area contributed by atoms with E-state index in [-0.39, 0.29) is 4.32 Å². The smallest absolute Gasteiger partial charge is 0.341 e. The summed E-state index contributed by atoms with van der Waals surface area (Å²) in [6, 6.07) is 13.7. The lowest BCUT2D eigenvalue weighted by molar-refractivity contribution is -0.145. The van der Waals surface area contributed by atoms with Gasteiger partial charge in [-0.3, -0.25) is 9.69 Å². The molecule has 1 atom stereocenters. The van der Waals surface area contributed by atoms with Gasteiger partial charge < -0.3 is 14.9 Å². The second-order valence-corrected chi connectivity index (χ2v) is 7.63. The van der Waals surface area contributed by atoms with Crippen LogP contribution in [0.3, 0.4) is 0 Å². The van der Waals surface area contributed by atoms with E-state index < -0.39 is 30.5 Å². The van der Waals surface area contributed by atoms with Gasteiger partial charge in [-0.25, -0.2) is 9.59 Å². The minimum atomic E-state index is -1.21. The minimum Gasteiger partial charge on any atom is -0.482 e. The molecule has 0 radical (unpaired) electrons. The molecule has 29 heavy (non-hydrogen) atoms. The third-order valence-electron chi connectivity index (χ3n) is 3.97. The van der Waals surface area contributed by atoms with Crippen molar-refractivity contribution in [3.8, 4) is 5.75 Å². The number of thiocarbonyl (C=S) groups is 1. The predicted molar refractivity (Wildman–Crippen MR) is 111 cm³/mol. The van der Waals surface area contributed by atoms with Crippen LogP contribution in [0.15, 0.2) is 59.5 Å². The summed E-state index contributed by atoms with van der Waals surface area (Å²) in [5.41, 5.74) is 1.12. The van der Waals surface area contributed by atoms with Crippen LogP contribution in [0.2, 0.25) is 0 Å². The molecule has 1 fully saturated rings. The van der Waals surface area contributed by atoms with E-state index in [1.807, 2.05) is 0 Å². The second kappa shape index (κ2) is 8.89. The number of nitrogens with zero attached hydrogens (tertiary/aromatic N) is 1. The Balaban J connectivity index is 1.82. The van der Waals surface area contributed by atoms with E-state index in [1.54, 1.807) is 60.7 Å². The number of carbonyl (C=O) groups excluding carboxylic acids is 1. The number of benzene rings is 2. The van der Waals surface area contributed by atoms with Crippen LogP contribution in [0.1, 0.15) is 17.2 Å². The van der Waals surface area contributed by atoms with Gasteiger partial charge in [-0.2, -0.15) is 0 Å². The fourth-order valence-electron chi connectivity index (χ4n) is 2.70. The number of carboxylic acid groups (broad SMARTS) is 2. The Bertz CT molecular complexity index is 988. The van der Waals surface area contributed by atoms with Gasteiger partial charge in [0.25, 0.3) is 5.91 Å². The first kappa shape index (κ1) is 20.6. The Morgan fingerprint density at radius 2 is 1.76 bits per heavy atom. The summed E-state index contributed by atoms with van der Waals surface area (Å²) in [6.07, 6.45) is 1.60. The lowest BCUT2D eigenvalue weighted by atomic mass is 10.1. The molecule has 148 valence electrons. The summed E-state index contributed by atoms with van der Waals surface area (Å²) in [6.45, 7) is -0.450. The summed E-state index contributed by atoms with van der Waals surface area (Å²) in [4.78, 5) is 36.7. The van der Waals surface area contributed by atoms with E-state index in [4.69, 9.17) is 22.1 Å². The van der Waals surface area contributed by atoms with Crippen LogP contribution in [0, 0.1) is 0 Å². The summed E-state index contributed by atoms with van der Waals surface area (Å²) in [5.74, 6) is -2.35. The number of hydrogen-bond donors (Lipinski definition) is 2. The molecule has 1 heterocycles. The van der Waals surface area contributed by atoms with Gasteiger partial charge in [-0.05, 0) is 29.3 Å². The Kier molecular flexibility index (Phi) is 6.30. The van der Waals surface area contributed by atoms with Gasteiger partial charge in [0.05, 0.1) is 4.91 Å². The first-order valence-electron chi connectivity index (χ1n) is 8.36. The molecule has 1 saturated heterocycles. The van der Waals surface area contributed by atoms with Gasteiger partial charge in [0.1, 0.15) is 10.1 Å². The van der Waals surface area contributed by atoms with Crippen molar-refractivity contribution >= 4 is 52.2 Å². The quantitative estimate of drug-likeness (QED) is 0.511. The summed E-state index contributed by atoms with van der Waals surface area (Å²) >= 11 is 6.31. The van der Waals surface area contributed by atoms with Gasteiger partial charge in [0.2, 0.25) is 0 Å². The third-order valence-corrected chi connectivity index (χ3v) is 5.30. The van der Waals surface area contributed by atoms with Crippen molar-refractivity contribution in [1.82, 2.24) is 4.90 Å². The highest BCUT2D eigenvalue weighted by Crippen LogP contribution is 2.38. The molecule has 1 amide bonds. The molecule has 3 rings (SSSR count). The van der Waals surface area contributed by atoms with E-state index in [0.29, 0.717) is 21.8 Å². The maximum atomic E-state index is 12.9. The molecule has 0 aliphatic carbocycles. The zero-order chi connectivity index (χ0) is 21.0. The number of hydrogen-bond acceptors (Lipinski definition) is 6. The van der Waals surface area contributed by atoms with Crippen molar-refractivity contribution in [3.05, 3.63) is 70.6 Å². The topological polar surface area (TPSA) is 104 Å². The molecule has 2 aromatic carbocycles. The van der Waals surface area contributed by atoms with Crippen LogP contribution in [0.5, 0.6) is 5.75 Å². The van der Waals surface area contributed by atoms with Crippen molar-refractivity contribution in [1.29, 1.82) is 0 Å². The van der Waals surface area contributed by atoms with E-state index in [2.05, 4.69) is 0 Å². The number of carboxylic acids is 2. The summed E-state index contributed by atoms with van der Waals surface area (Å²) < 4.78 is 5.23. The van der Waals surface area contributed by atoms with Crippen LogP contribution in [-0.2, 0) is 14.4 Å². The molecule has 7 nitrogen and oxygen atoms in total. The minimum absolute atomic E-state index is 0.166. The second-order valence-electron chi connectivity index (χ2n) is 5.95. The normalized spacial score (nSPS) is 16.1.